The minimum absolute atomic E-state index is 0.227. The Morgan fingerprint density at radius 3 is 2.06 bits per heavy atom. The van der Waals surface area contributed by atoms with Gasteiger partial charge in [0.25, 0.3) is 0 Å². The zero-order valence-corrected chi connectivity index (χ0v) is 9.53. The molecule has 1 atom stereocenters. The summed E-state index contributed by atoms with van der Waals surface area (Å²) in [6.07, 6.45) is 0.873. The topological polar surface area (TPSA) is 109 Å². The smallest absolute Gasteiger partial charge is 0.326 e. The van der Waals surface area contributed by atoms with Crippen LogP contribution in [0.25, 0.3) is 0 Å². The quantitative estimate of drug-likeness (QED) is 0.565. The molecule has 0 spiro atoms. The van der Waals surface area contributed by atoms with Crippen LogP contribution in [0.1, 0.15) is 33.1 Å². The monoisotopic (exact) mass is 230 g/mol. The lowest BCUT2D eigenvalue weighted by atomic mass is 10.0. The fourth-order valence-corrected chi connectivity index (χ4v) is 1.35. The lowest BCUT2D eigenvalue weighted by Crippen LogP contribution is -2.45. The van der Waals surface area contributed by atoms with Crippen molar-refractivity contribution >= 4 is 17.8 Å². The van der Waals surface area contributed by atoms with Crippen molar-refractivity contribution in [2.24, 2.45) is 11.7 Å². The molecule has 0 heterocycles. The van der Waals surface area contributed by atoms with Gasteiger partial charge in [-0.2, -0.15) is 0 Å². The highest BCUT2D eigenvalue weighted by Crippen LogP contribution is 2.08. The summed E-state index contributed by atoms with van der Waals surface area (Å²) in [4.78, 5) is 32.9. The molecule has 92 valence electrons. The van der Waals surface area contributed by atoms with Crippen molar-refractivity contribution in [2.75, 3.05) is 0 Å². The van der Waals surface area contributed by atoms with Crippen LogP contribution in [-0.4, -0.2) is 28.9 Å². The van der Waals surface area contributed by atoms with Crippen molar-refractivity contribution in [3.63, 3.8) is 0 Å². The van der Waals surface area contributed by atoms with Crippen LogP contribution >= 0.6 is 0 Å². The molecule has 2 amide bonds. The van der Waals surface area contributed by atoms with Gasteiger partial charge in [-0.15, -0.1) is 0 Å². The molecule has 0 radical (unpaired) electrons. The van der Waals surface area contributed by atoms with Gasteiger partial charge in [0.05, 0.1) is 6.42 Å². The van der Waals surface area contributed by atoms with E-state index in [4.69, 9.17) is 10.8 Å². The van der Waals surface area contributed by atoms with Gasteiger partial charge in [0, 0.05) is 5.92 Å². The Hall–Kier alpha value is -1.59. The molecular weight excluding hydrogens is 212 g/mol. The van der Waals surface area contributed by atoms with E-state index in [1.54, 1.807) is 0 Å². The normalized spacial score (nSPS) is 12.2. The molecule has 0 saturated heterocycles. The molecule has 0 fully saturated rings. The molecule has 0 unspecified atom stereocenters. The highest BCUT2D eigenvalue weighted by molar-refractivity contribution is 5.88. The summed E-state index contributed by atoms with van der Waals surface area (Å²) < 4.78 is 0. The number of carboxylic acids is 1. The van der Waals surface area contributed by atoms with E-state index in [0.717, 1.165) is 0 Å². The molecule has 0 aromatic carbocycles. The molecule has 4 N–H and O–H groups in total. The molecule has 6 heteroatoms. The zero-order chi connectivity index (χ0) is 12.7. The van der Waals surface area contributed by atoms with E-state index in [2.05, 4.69) is 5.32 Å². The number of aliphatic carboxylic acids is 1. The van der Waals surface area contributed by atoms with E-state index in [1.165, 1.54) is 0 Å². The standard InChI is InChI=1S/C10H18N2O4/c1-3-6(4-2)9(14)12-7(10(15)16)5-8(11)13/h6-7H,3-5H2,1-2H3,(H2,11,13)(H,12,14)(H,15,16)/t7-/m0/s1. The molecule has 0 aromatic heterocycles. The van der Waals surface area contributed by atoms with Crippen LogP contribution in [0.15, 0.2) is 0 Å². The summed E-state index contributed by atoms with van der Waals surface area (Å²) in [5.74, 6) is -2.58. The van der Waals surface area contributed by atoms with Gasteiger partial charge in [-0.3, -0.25) is 9.59 Å². The Balaban J connectivity index is 4.44. The first-order chi connectivity index (χ1) is 7.42. The summed E-state index contributed by atoms with van der Waals surface area (Å²) in [5.41, 5.74) is 4.89. The molecule has 0 aliphatic heterocycles. The van der Waals surface area contributed by atoms with E-state index in [1.807, 2.05) is 13.8 Å². The average molecular weight is 230 g/mol. The van der Waals surface area contributed by atoms with Crippen LogP contribution < -0.4 is 11.1 Å². The predicted octanol–water partition coefficient (Wildman–Crippen LogP) is -0.133. The van der Waals surface area contributed by atoms with Gasteiger partial charge in [0.15, 0.2) is 0 Å². The van der Waals surface area contributed by atoms with Crippen LogP contribution in [0, 0.1) is 5.92 Å². The van der Waals surface area contributed by atoms with Crippen molar-refractivity contribution in [3.8, 4) is 0 Å². The third-order valence-electron chi connectivity index (χ3n) is 2.38. The molecule has 6 nitrogen and oxygen atoms in total. The third kappa shape index (κ3) is 4.77. The second-order valence-corrected chi connectivity index (χ2v) is 3.58. The fourth-order valence-electron chi connectivity index (χ4n) is 1.35. The molecule has 0 saturated carbocycles. The van der Waals surface area contributed by atoms with E-state index in [9.17, 15) is 14.4 Å². The van der Waals surface area contributed by atoms with Gasteiger partial charge in [-0.1, -0.05) is 13.8 Å². The molecular formula is C10H18N2O4. The van der Waals surface area contributed by atoms with Crippen LogP contribution in [0.4, 0.5) is 0 Å². The van der Waals surface area contributed by atoms with Gasteiger partial charge in [-0.25, -0.2) is 4.79 Å². The third-order valence-corrected chi connectivity index (χ3v) is 2.38. The average Bonchev–Trinajstić information content (AvgIpc) is 2.17. The van der Waals surface area contributed by atoms with Gasteiger partial charge in [-0.05, 0) is 12.8 Å². The number of hydrogen-bond acceptors (Lipinski definition) is 3. The summed E-state index contributed by atoms with van der Waals surface area (Å²) in [5, 5.41) is 11.1. The van der Waals surface area contributed by atoms with Crippen LogP contribution in [0.2, 0.25) is 0 Å². The summed E-state index contributed by atoms with van der Waals surface area (Å²) >= 11 is 0. The maximum atomic E-state index is 11.6. The maximum Gasteiger partial charge on any atom is 0.326 e. The molecule has 0 rings (SSSR count). The first-order valence-electron chi connectivity index (χ1n) is 5.23. The van der Waals surface area contributed by atoms with Crippen molar-refractivity contribution in [1.82, 2.24) is 5.32 Å². The van der Waals surface area contributed by atoms with E-state index >= 15 is 0 Å². The first kappa shape index (κ1) is 14.4. The van der Waals surface area contributed by atoms with Gasteiger partial charge in [0.1, 0.15) is 6.04 Å². The Bertz CT molecular complexity index is 274. The molecule has 0 aliphatic carbocycles. The number of hydrogen-bond donors (Lipinski definition) is 3. The number of amides is 2. The Morgan fingerprint density at radius 1 is 1.25 bits per heavy atom. The minimum atomic E-state index is -1.25. The van der Waals surface area contributed by atoms with E-state index < -0.39 is 17.9 Å². The summed E-state index contributed by atoms with van der Waals surface area (Å²) in [6.45, 7) is 3.69. The number of carbonyl (C=O) groups is 3. The highest BCUT2D eigenvalue weighted by Gasteiger charge is 2.24. The lowest BCUT2D eigenvalue weighted by molar-refractivity contribution is -0.144. The number of nitrogens with two attached hydrogens (primary N) is 1. The Morgan fingerprint density at radius 2 is 1.75 bits per heavy atom. The van der Waals surface area contributed by atoms with Crippen molar-refractivity contribution in [3.05, 3.63) is 0 Å². The highest BCUT2D eigenvalue weighted by atomic mass is 16.4. The fraction of sp³-hybridized carbons (Fsp3) is 0.700. The lowest BCUT2D eigenvalue weighted by Gasteiger charge is -2.17. The second-order valence-electron chi connectivity index (χ2n) is 3.58. The summed E-state index contributed by atoms with van der Waals surface area (Å²) in [6, 6.07) is -1.23. The van der Waals surface area contributed by atoms with Crippen molar-refractivity contribution in [2.45, 2.75) is 39.2 Å². The van der Waals surface area contributed by atoms with E-state index in [-0.39, 0.29) is 18.2 Å². The minimum Gasteiger partial charge on any atom is -0.480 e. The van der Waals surface area contributed by atoms with Crippen molar-refractivity contribution in [1.29, 1.82) is 0 Å². The van der Waals surface area contributed by atoms with Crippen LogP contribution in [-0.2, 0) is 14.4 Å². The molecule has 0 aromatic rings. The molecule has 16 heavy (non-hydrogen) atoms. The number of carbonyl (C=O) groups excluding carboxylic acids is 2. The van der Waals surface area contributed by atoms with Gasteiger partial charge < -0.3 is 16.2 Å². The second kappa shape index (κ2) is 6.81. The van der Waals surface area contributed by atoms with Crippen LogP contribution in [0.3, 0.4) is 0 Å². The van der Waals surface area contributed by atoms with Crippen LogP contribution in [0.5, 0.6) is 0 Å². The molecule has 0 aliphatic rings. The first-order valence-corrected chi connectivity index (χ1v) is 5.23. The SMILES string of the molecule is CCC(CC)C(=O)N[C@@H](CC(N)=O)C(=O)O. The largest absolute Gasteiger partial charge is 0.480 e. The van der Waals surface area contributed by atoms with Gasteiger partial charge in [0.2, 0.25) is 11.8 Å². The van der Waals surface area contributed by atoms with Crippen molar-refractivity contribution < 1.29 is 19.5 Å². The summed E-state index contributed by atoms with van der Waals surface area (Å²) in [7, 11) is 0. The number of rotatable bonds is 7. The van der Waals surface area contributed by atoms with Gasteiger partial charge >= 0.3 is 5.97 Å². The molecule has 0 bridgehead atoms. The van der Waals surface area contributed by atoms with E-state index in [0.29, 0.717) is 12.8 Å². The Kier molecular flexibility index (Phi) is 6.14. The maximum absolute atomic E-state index is 11.6. The Labute approximate surface area is 94.2 Å². The number of primary amides is 1. The number of carboxylic acid groups (broad SMARTS) is 1. The predicted molar refractivity (Wildman–Crippen MR) is 57.4 cm³/mol. The zero-order valence-electron chi connectivity index (χ0n) is 9.53. The number of nitrogens with one attached hydrogen (secondary N) is 1.